The summed E-state index contributed by atoms with van der Waals surface area (Å²) in [5, 5.41) is 0. The Kier molecular flexibility index (Phi) is 6.85. The zero-order valence-corrected chi connectivity index (χ0v) is 17.6. The molecular weight excluding hydrogens is 408 g/mol. The Balaban J connectivity index is 1.45. The topological polar surface area (TPSA) is 18.5 Å². The highest BCUT2D eigenvalue weighted by Gasteiger charge is 2.36. The van der Waals surface area contributed by atoms with Crippen LogP contribution in [0.2, 0.25) is 0 Å². The van der Waals surface area contributed by atoms with Gasteiger partial charge in [0, 0.05) is 12.2 Å². The van der Waals surface area contributed by atoms with Crippen LogP contribution in [-0.4, -0.2) is 19.3 Å². The summed E-state index contributed by atoms with van der Waals surface area (Å²) >= 11 is 0. The van der Waals surface area contributed by atoms with Crippen molar-refractivity contribution >= 4 is 0 Å². The van der Waals surface area contributed by atoms with Gasteiger partial charge >= 0.3 is 6.61 Å². The van der Waals surface area contributed by atoms with Crippen LogP contribution >= 0.6 is 0 Å². The van der Waals surface area contributed by atoms with Gasteiger partial charge in [-0.15, -0.1) is 0 Å². The van der Waals surface area contributed by atoms with Crippen LogP contribution < -0.4 is 4.74 Å². The van der Waals surface area contributed by atoms with Crippen LogP contribution in [-0.2, 0) is 4.74 Å². The van der Waals surface area contributed by atoms with Gasteiger partial charge in [0.1, 0.15) is 5.82 Å². The Bertz CT molecular complexity index is 901. The van der Waals surface area contributed by atoms with Gasteiger partial charge < -0.3 is 9.47 Å². The number of rotatable bonds is 6. The lowest BCUT2D eigenvalue weighted by Gasteiger charge is -2.42. The van der Waals surface area contributed by atoms with Crippen molar-refractivity contribution in [3.05, 3.63) is 53.6 Å². The van der Waals surface area contributed by atoms with E-state index in [0.717, 1.165) is 56.4 Å². The smallest absolute Gasteiger partial charge is 0.387 e. The first-order valence-electron chi connectivity index (χ1n) is 11.1. The van der Waals surface area contributed by atoms with Crippen molar-refractivity contribution in [2.45, 2.75) is 64.1 Å². The van der Waals surface area contributed by atoms with Crippen LogP contribution in [0.1, 0.15) is 56.9 Å². The third-order valence-corrected chi connectivity index (χ3v) is 6.89. The third kappa shape index (κ3) is 5.05. The van der Waals surface area contributed by atoms with Crippen molar-refractivity contribution in [2.24, 2.45) is 11.8 Å². The first-order chi connectivity index (χ1) is 14.9. The molecule has 2 aromatic carbocycles. The molecule has 0 aromatic heterocycles. The second kappa shape index (κ2) is 9.60. The summed E-state index contributed by atoms with van der Waals surface area (Å²) in [6.45, 7) is -0.302. The number of benzene rings is 2. The Morgan fingerprint density at radius 3 is 2.39 bits per heavy atom. The average Bonchev–Trinajstić information content (AvgIpc) is 2.75. The van der Waals surface area contributed by atoms with Gasteiger partial charge in [-0.05, 0) is 92.5 Å². The largest absolute Gasteiger partial charge is 0.432 e. The molecule has 6 heteroatoms. The number of hydrogen-bond donors (Lipinski definition) is 0. The molecule has 2 aromatic rings. The summed E-state index contributed by atoms with van der Waals surface area (Å²) < 4.78 is 63.5. The van der Waals surface area contributed by atoms with Crippen molar-refractivity contribution in [1.29, 1.82) is 0 Å². The lowest BCUT2D eigenvalue weighted by molar-refractivity contribution is -0.0521. The molecule has 0 bridgehead atoms. The van der Waals surface area contributed by atoms with Gasteiger partial charge in [-0.1, -0.05) is 18.2 Å². The number of alkyl halides is 2. The Labute approximate surface area is 180 Å². The quantitative estimate of drug-likeness (QED) is 0.442. The molecule has 4 rings (SSSR count). The van der Waals surface area contributed by atoms with Crippen molar-refractivity contribution < 1.29 is 27.0 Å². The summed E-state index contributed by atoms with van der Waals surface area (Å²) in [6.07, 6.45) is 7.03. The Morgan fingerprint density at radius 2 is 1.68 bits per heavy atom. The van der Waals surface area contributed by atoms with Gasteiger partial charge in [0.15, 0.2) is 11.6 Å². The number of halogens is 4. The molecule has 0 saturated heterocycles. The van der Waals surface area contributed by atoms with Gasteiger partial charge in [-0.25, -0.2) is 8.78 Å². The van der Waals surface area contributed by atoms with Gasteiger partial charge in [0.05, 0.1) is 6.10 Å². The zero-order valence-electron chi connectivity index (χ0n) is 17.6. The summed E-state index contributed by atoms with van der Waals surface area (Å²) in [6, 6.07) is 8.64. The molecule has 0 N–H and O–H groups in total. The van der Waals surface area contributed by atoms with Crippen LogP contribution in [0.25, 0.3) is 11.1 Å². The highest BCUT2D eigenvalue weighted by Crippen LogP contribution is 2.47. The molecule has 0 spiro atoms. The fourth-order valence-corrected chi connectivity index (χ4v) is 5.42. The van der Waals surface area contributed by atoms with Crippen molar-refractivity contribution in [1.82, 2.24) is 0 Å². The molecule has 0 aliphatic heterocycles. The predicted molar refractivity (Wildman–Crippen MR) is 111 cm³/mol. The highest BCUT2D eigenvalue weighted by molar-refractivity contribution is 5.65. The molecule has 2 saturated carbocycles. The second-order valence-electron chi connectivity index (χ2n) is 8.68. The number of fused-ring (bicyclic) bond motifs is 1. The van der Waals surface area contributed by atoms with Crippen molar-refractivity contribution in [2.75, 3.05) is 6.61 Å². The fourth-order valence-electron chi connectivity index (χ4n) is 5.42. The van der Waals surface area contributed by atoms with E-state index in [0.29, 0.717) is 29.4 Å². The van der Waals surface area contributed by atoms with Gasteiger partial charge in [-0.2, -0.15) is 8.78 Å². The van der Waals surface area contributed by atoms with Gasteiger partial charge in [0.25, 0.3) is 0 Å². The molecular formula is C25H28F4O2. The first-order valence-corrected chi connectivity index (χ1v) is 11.1. The standard InChI is InChI=1S/C25H28F4O2/c1-2-30-20-8-5-16-11-15(3-4-17(16)12-20)18-6-9-21(22(26)13-18)19-7-10-24(23(27)14-19)31-25(28)29/h6-7,9-10,13-17,20,25H,2-5,8,11-12H2,1H3. The van der Waals surface area contributed by atoms with Crippen LogP contribution in [0.4, 0.5) is 17.6 Å². The molecule has 0 radical (unpaired) electrons. The van der Waals surface area contributed by atoms with E-state index < -0.39 is 24.0 Å². The minimum absolute atomic E-state index is 0.247. The van der Waals surface area contributed by atoms with E-state index >= 15 is 0 Å². The van der Waals surface area contributed by atoms with Crippen LogP contribution in [0, 0.1) is 23.5 Å². The minimum Gasteiger partial charge on any atom is -0.432 e. The summed E-state index contributed by atoms with van der Waals surface area (Å²) in [5.74, 6) is -0.236. The molecule has 0 amide bonds. The molecule has 2 aliphatic rings. The van der Waals surface area contributed by atoms with Crippen LogP contribution in [0.15, 0.2) is 36.4 Å². The monoisotopic (exact) mass is 436 g/mol. The molecule has 2 nitrogen and oxygen atoms in total. The first kappa shape index (κ1) is 22.1. The van der Waals surface area contributed by atoms with E-state index in [1.165, 1.54) is 12.5 Å². The molecule has 4 unspecified atom stereocenters. The van der Waals surface area contributed by atoms with E-state index in [1.54, 1.807) is 12.1 Å². The van der Waals surface area contributed by atoms with Crippen LogP contribution in [0.5, 0.6) is 5.75 Å². The molecule has 168 valence electrons. The van der Waals surface area contributed by atoms with E-state index in [9.17, 15) is 17.6 Å². The van der Waals surface area contributed by atoms with Gasteiger partial charge in [0.2, 0.25) is 0 Å². The maximum atomic E-state index is 14.9. The third-order valence-electron chi connectivity index (χ3n) is 6.89. The Morgan fingerprint density at radius 1 is 0.903 bits per heavy atom. The van der Waals surface area contributed by atoms with E-state index in [4.69, 9.17) is 4.74 Å². The summed E-state index contributed by atoms with van der Waals surface area (Å²) in [7, 11) is 0. The number of hydrogen-bond acceptors (Lipinski definition) is 2. The molecule has 31 heavy (non-hydrogen) atoms. The fraction of sp³-hybridized carbons (Fsp3) is 0.520. The Hall–Kier alpha value is -2.08. The molecule has 4 atom stereocenters. The molecule has 2 fully saturated rings. The molecule has 0 heterocycles. The maximum absolute atomic E-state index is 14.9. The lowest BCUT2D eigenvalue weighted by Crippen LogP contribution is -2.33. The summed E-state index contributed by atoms with van der Waals surface area (Å²) in [5.41, 5.74) is 1.52. The zero-order chi connectivity index (χ0) is 22.0. The predicted octanol–water partition coefficient (Wildman–Crippen LogP) is 7.32. The highest BCUT2D eigenvalue weighted by atomic mass is 19.3. The van der Waals surface area contributed by atoms with E-state index in [-0.39, 0.29) is 5.56 Å². The van der Waals surface area contributed by atoms with Gasteiger partial charge in [-0.3, -0.25) is 0 Å². The van der Waals surface area contributed by atoms with E-state index in [2.05, 4.69) is 4.74 Å². The summed E-state index contributed by atoms with van der Waals surface area (Å²) in [4.78, 5) is 0. The SMILES string of the molecule is CCOC1CCC2CC(c3ccc(-c4ccc(OC(F)F)c(F)c4)c(F)c3)CCC2C1. The van der Waals surface area contributed by atoms with Crippen LogP contribution in [0.3, 0.4) is 0 Å². The molecule has 2 aliphatic carbocycles. The maximum Gasteiger partial charge on any atom is 0.387 e. The minimum atomic E-state index is -3.11. The average molecular weight is 436 g/mol. The van der Waals surface area contributed by atoms with E-state index in [1.807, 2.05) is 13.0 Å². The van der Waals surface area contributed by atoms with Crippen molar-refractivity contribution in [3.63, 3.8) is 0 Å². The van der Waals surface area contributed by atoms with Crippen molar-refractivity contribution in [3.8, 4) is 16.9 Å². The lowest BCUT2D eigenvalue weighted by atomic mass is 9.65. The second-order valence-corrected chi connectivity index (χ2v) is 8.68. The number of ether oxygens (including phenoxy) is 2. The normalized spacial score (nSPS) is 26.0.